The number of benzene rings is 1. The van der Waals surface area contributed by atoms with Crippen molar-refractivity contribution >= 4 is 38.6 Å². The highest BCUT2D eigenvalue weighted by atomic mass is 79.9. The Labute approximate surface area is 153 Å². The van der Waals surface area contributed by atoms with Crippen LogP contribution in [0.15, 0.2) is 41.0 Å². The quantitative estimate of drug-likeness (QED) is 0.707. The summed E-state index contributed by atoms with van der Waals surface area (Å²) in [7, 11) is 0. The van der Waals surface area contributed by atoms with Gasteiger partial charge in [-0.1, -0.05) is 15.9 Å². The lowest BCUT2D eigenvalue weighted by molar-refractivity contribution is 0.100. The fourth-order valence-electron chi connectivity index (χ4n) is 3.07. The van der Waals surface area contributed by atoms with Gasteiger partial charge in [0.1, 0.15) is 5.82 Å². The van der Waals surface area contributed by atoms with Gasteiger partial charge >= 0.3 is 0 Å². The lowest BCUT2D eigenvalue weighted by Crippen LogP contribution is -2.36. The lowest BCUT2D eigenvalue weighted by atomic mass is 10.1. The van der Waals surface area contributed by atoms with Crippen LogP contribution in [0.1, 0.15) is 10.4 Å². The maximum atomic E-state index is 11.7. The molecule has 0 unspecified atom stereocenters. The van der Waals surface area contributed by atoms with Gasteiger partial charge in [-0.25, -0.2) is 4.98 Å². The molecule has 0 bridgehead atoms. The predicted molar refractivity (Wildman–Crippen MR) is 101 cm³/mol. The molecular weight excluding hydrogens is 384 g/mol. The van der Waals surface area contributed by atoms with Crippen LogP contribution in [-0.4, -0.2) is 42.2 Å². The summed E-state index contributed by atoms with van der Waals surface area (Å²) in [6.07, 6.45) is 1.84. The number of nitrogens with two attached hydrogens (primary N) is 1. The van der Waals surface area contributed by atoms with Gasteiger partial charge in [-0.05, 0) is 30.3 Å². The van der Waals surface area contributed by atoms with E-state index in [4.69, 9.17) is 10.5 Å². The van der Waals surface area contributed by atoms with E-state index in [-0.39, 0.29) is 0 Å². The number of H-pyrrole nitrogens is 1. The number of ether oxygens (including phenoxy) is 1. The number of primary amides is 1. The van der Waals surface area contributed by atoms with E-state index in [1.54, 1.807) is 6.07 Å². The number of halogens is 1. The van der Waals surface area contributed by atoms with Crippen molar-refractivity contribution in [2.45, 2.75) is 0 Å². The molecule has 1 amide bonds. The molecule has 0 atom stereocenters. The van der Waals surface area contributed by atoms with Crippen molar-refractivity contribution in [3.63, 3.8) is 0 Å². The van der Waals surface area contributed by atoms with E-state index < -0.39 is 5.91 Å². The molecule has 1 aliphatic heterocycles. The molecule has 4 rings (SSSR count). The van der Waals surface area contributed by atoms with Crippen molar-refractivity contribution in [1.82, 2.24) is 9.97 Å². The first-order chi connectivity index (χ1) is 12.1. The number of pyridine rings is 1. The minimum absolute atomic E-state index is 0.452. The molecule has 7 heteroatoms. The number of aromatic amines is 1. The number of nitrogens with one attached hydrogen (secondary N) is 1. The molecule has 128 valence electrons. The van der Waals surface area contributed by atoms with Gasteiger partial charge in [0.2, 0.25) is 0 Å². The van der Waals surface area contributed by atoms with Gasteiger partial charge in [0.25, 0.3) is 5.91 Å². The number of nitrogens with zero attached hydrogens (tertiary/aromatic N) is 2. The Bertz CT molecular complexity index is 930. The maximum Gasteiger partial charge on any atom is 0.250 e. The summed E-state index contributed by atoms with van der Waals surface area (Å²) in [4.78, 5) is 21.7. The number of hydrogen-bond acceptors (Lipinski definition) is 4. The molecule has 0 aliphatic carbocycles. The molecular formula is C18H17BrN4O2. The Morgan fingerprint density at radius 2 is 2.04 bits per heavy atom. The van der Waals surface area contributed by atoms with Crippen LogP contribution in [0.5, 0.6) is 0 Å². The van der Waals surface area contributed by atoms with E-state index in [0.717, 1.165) is 58.8 Å². The van der Waals surface area contributed by atoms with Gasteiger partial charge in [-0.15, -0.1) is 0 Å². The maximum absolute atomic E-state index is 11.7. The molecule has 0 radical (unpaired) electrons. The lowest BCUT2D eigenvalue weighted by Gasteiger charge is -2.27. The standard InChI is InChI=1S/C18H17BrN4O2/c19-14-3-2-12(18(20)24)17-13(14)9-15(22-17)11-1-4-16(21-10-11)23-5-7-25-8-6-23/h1-4,9-10,22H,5-8H2,(H2,20,24). The first-order valence-electron chi connectivity index (χ1n) is 8.03. The van der Waals surface area contributed by atoms with Crippen LogP contribution < -0.4 is 10.6 Å². The number of anilines is 1. The van der Waals surface area contributed by atoms with Crippen molar-refractivity contribution in [3.8, 4) is 11.3 Å². The summed E-state index contributed by atoms with van der Waals surface area (Å²) in [5.41, 5.74) is 8.53. The van der Waals surface area contributed by atoms with Crippen LogP contribution in [0, 0.1) is 0 Å². The number of rotatable bonds is 3. The van der Waals surface area contributed by atoms with Crippen molar-refractivity contribution < 1.29 is 9.53 Å². The molecule has 2 aromatic heterocycles. The summed E-state index contributed by atoms with van der Waals surface area (Å²) in [6.45, 7) is 3.17. The Hall–Kier alpha value is -2.38. The fraction of sp³-hybridized carbons (Fsp3) is 0.222. The third-order valence-electron chi connectivity index (χ3n) is 4.40. The molecule has 0 saturated carbocycles. The van der Waals surface area contributed by atoms with Gasteiger partial charge in [-0.2, -0.15) is 0 Å². The van der Waals surface area contributed by atoms with Gasteiger partial charge in [0, 0.05) is 40.4 Å². The van der Waals surface area contributed by atoms with E-state index in [9.17, 15) is 4.79 Å². The minimum Gasteiger partial charge on any atom is -0.378 e. The Kier molecular flexibility index (Phi) is 4.19. The number of carbonyl (C=O) groups excluding carboxylic acids is 1. The monoisotopic (exact) mass is 400 g/mol. The number of morpholine rings is 1. The molecule has 3 heterocycles. The second-order valence-corrected chi connectivity index (χ2v) is 6.79. The summed E-state index contributed by atoms with van der Waals surface area (Å²) >= 11 is 3.52. The van der Waals surface area contributed by atoms with Crippen molar-refractivity contribution in [2.24, 2.45) is 5.73 Å². The summed E-state index contributed by atoms with van der Waals surface area (Å²) in [6, 6.07) is 9.59. The second kappa shape index (κ2) is 6.50. The van der Waals surface area contributed by atoms with Gasteiger partial charge < -0.3 is 20.4 Å². The van der Waals surface area contributed by atoms with Crippen LogP contribution in [0.4, 0.5) is 5.82 Å². The Morgan fingerprint density at radius 1 is 1.24 bits per heavy atom. The summed E-state index contributed by atoms with van der Waals surface area (Å²) in [5, 5.41) is 0.920. The smallest absolute Gasteiger partial charge is 0.250 e. The van der Waals surface area contributed by atoms with E-state index >= 15 is 0 Å². The molecule has 1 aromatic carbocycles. The minimum atomic E-state index is -0.452. The van der Waals surface area contributed by atoms with Crippen molar-refractivity contribution in [2.75, 3.05) is 31.2 Å². The van der Waals surface area contributed by atoms with Crippen LogP contribution in [0.2, 0.25) is 0 Å². The number of carbonyl (C=O) groups is 1. The molecule has 1 aliphatic rings. The molecule has 1 saturated heterocycles. The first kappa shape index (κ1) is 16.1. The average molecular weight is 401 g/mol. The zero-order chi connectivity index (χ0) is 17.4. The fourth-order valence-corrected chi connectivity index (χ4v) is 3.52. The Morgan fingerprint density at radius 3 is 2.72 bits per heavy atom. The highest BCUT2D eigenvalue weighted by Crippen LogP contribution is 2.31. The zero-order valence-electron chi connectivity index (χ0n) is 13.5. The topological polar surface area (TPSA) is 84.2 Å². The number of aromatic nitrogens is 2. The third-order valence-corrected chi connectivity index (χ3v) is 5.09. The van der Waals surface area contributed by atoms with Gasteiger partial charge in [-0.3, -0.25) is 4.79 Å². The van der Waals surface area contributed by atoms with E-state index in [1.807, 2.05) is 30.5 Å². The average Bonchev–Trinajstić information content (AvgIpc) is 3.09. The van der Waals surface area contributed by atoms with Gasteiger partial charge in [0.15, 0.2) is 0 Å². The van der Waals surface area contributed by atoms with E-state index in [1.165, 1.54) is 0 Å². The van der Waals surface area contributed by atoms with Crippen LogP contribution in [0.3, 0.4) is 0 Å². The largest absolute Gasteiger partial charge is 0.378 e. The molecule has 0 spiro atoms. The van der Waals surface area contributed by atoms with Crippen LogP contribution in [-0.2, 0) is 4.74 Å². The third kappa shape index (κ3) is 3.01. The SMILES string of the molecule is NC(=O)c1ccc(Br)c2cc(-c3ccc(N4CCOCC4)nc3)[nH]c12. The van der Waals surface area contributed by atoms with E-state index in [0.29, 0.717) is 5.56 Å². The van der Waals surface area contributed by atoms with Crippen LogP contribution in [0.25, 0.3) is 22.2 Å². The normalized spacial score (nSPS) is 14.8. The highest BCUT2D eigenvalue weighted by molar-refractivity contribution is 9.10. The zero-order valence-corrected chi connectivity index (χ0v) is 15.0. The second-order valence-electron chi connectivity index (χ2n) is 5.94. The van der Waals surface area contributed by atoms with Crippen molar-refractivity contribution in [1.29, 1.82) is 0 Å². The van der Waals surface area contributed by atoms with Crippen molar-refractivity contribution in [3.05, 3.63) is 46.6 Å². The van der Waals surface area contributed by atoms with Crippen LogP contribution >= 0.6 is 15.9 Å². The number of fused-ring (bicyclic) bond motifs is 1. The number of amides is 1. The Balaban J connectivity index is 1.71. The molecule has 1 fully saturated rings. The summed E-state index contributed by atoms with van der Waals surface area (Å²) in [5.74, 6) is 0.494. The molecule has 3 N–H and O–H groups in total. The van der Waals surface area contributed by atoms with E-state index in [2.05, 4.69) is 30.8 Å². The highest BCUT2D eigenvalue weighted by Gasteiger charge is 2.15. The molecule has 25 heavy (non-hydrogen) atoms. The predicted octanol–water partition coefficient (Wildman–Crippen LogP) is 2.93. The number of hydrogen-bond donors (Lipinski definition) is 2. The van der Waals surface area contributed by atoms with Gasteiger partial charge in [0.05, 0.1) is 24.3 Å². The molecule has 3 aromatic rings. The molecule has 6 nitrogen and oxygen atoms in total. The first-order valence-corrected chi connectivity index (χ1v) is 8.83. The summed E-state index contributed by atoms with van der Waals surface area (Å²) < 4.78 is 6.28.